The molecule has 0 aliphatic heterocycles. The lowest BCUT2D eigenvalue weighted by Crippen LogP contribution is -1.88. The van der Waals surface area contributed by atoms with Crippen molar-refractivity contribution in [1.82, 2.24) is 0 Å². The Hall–Kier alpha value is -1.77. The standard InChI is InChI=1S/C14H17FN2/c1-5-17-14-11(3)8-12(9-13(14)15)10(2)6-7-16-4/h5-9H,1-4H3/b10-6+,16-7?,17-5?. The Bertz CT molecular complexity index is 462. The predicted molar refractivity (Wildman–Crippen MR) is 73.0 cm³/mol. The Morgan fingerprint density at radius 3 is 2.59 bits per heavy atom. The van der Waals surface area contributed by atoms with Crippen molar-refractivity contribution >= 4 is 23.7 Å². The topological polar surface area (TPSA) is 24.7 Å². The highest BCUT2D eigenvalue weighted by molar-refractivity contribution is 5.84. The Balaban J connectivity index is 3.23. The van der Waals surface area contributed by atoms with Gasteiger partial charge in [0.15, 0.2) is 0 Å². The van der Waals surface area contributed by atoms with Crippen molar-refractivity contribution in [3.63, 3.8) is 0 Å². The first-order chi connectivity index (χ1) is 8.10. The van der Waals surface area contributed by atoms with Crippen LogP contribution in [0.5, 0.6) is 0 Å². The Kier molecular flexibility index (Phi) is 4.76. The largest absolute Gasteiger partial charge is 0.297 e. The van der Waals surface area contributed by atoms with E-state index >= 15 is 0 Å². The van der Waals surface area contributed by atoms with Crippen molar-refractivity contribution in [2.24, 2.45) is 9.98 Å². The van der Waals surface area contributed by atoms with Gasteiger partial charge in [0.1, 0.15) is 11.5 Å². The van der Waals surface area contributed by atoms with Crippen LogP contribution in [0.1, 0.15) is 25.0 Å². The summed E-state index contributed by atoms with van der Waals surface area (Å²) in [6.07, 6.45) is 5.15. The van der Waals surface area contributed by atoms with Gasteiger partial charge >= 0.3 is 0 Å². The average Bonchev–Trinajstić information content (AvgIpc) is 2.30. The lowest BCUT2D eigenvalue weighted by atomic mass is 10.0. The molecule has 0 aromatic heterocycles. The Morgan fingerprint density at radius 2 is 2.06 bits per heavy atom. The van der Waals surface area contributed by atoms with E-state index in [1.165, 1.54) is 6.07 Å². The molecule has 17 heavy (non-hydrogen) atoms. The van der Waals surface area contributed by atoms with Crippen LogP contribution in [-0.4, -0.2) is 19.5 Å². The Morgan fingerprint density at radius 1 is 1.35 bits per heavy atom. The number of hydrogen-bond donors (Lipinski definition) is 0. The number of benzene rings is 1. The van der Waals surface area contributed by atoms with Gasteiger partial charge in [0.25, 0.3) is 0 Å². The molecule has 0 saturated heterocycles. The summed E-state index contributed by atoms with van der Waals surface area (Å²) >= 11 is 0. The first-order valence-corrected chi connectivity index (χ1v) is 5.48. The average molecular weight is 232 g/mol. The van der Waals surface area contributed by atoms with Gasteiger partial charge in [-0.25, -0.2) is 4.39 Å². The fourth-order valence-corrected chi connectivity index (χ4v) is 1.54. The van der Waals surface area contributed by atoms with Gasteiger partial charge in [0, 0.05) is 19.5 Å². The van der Waals surface area contributed by atoms with E-state index in [1.807, 2.05) is 26.0 Å². The van der Waals surface area contributed by atoms with Crippen molar-refractivity contribution in [1.29, 1.82) is 0 Å². The molecule has 0 amide bonds. The lowest BCUT2D eigenvalue weighted by molar-refractivity contribution is 0.628. The van der Waals surface area contributed by atoms with Crippen LogP contribution in [0.3, 0.4) is 0 Å². The zero-order chi connectivity index (χ0) is 12.8. The number of halogens is 1. The summed E-state index contributed by atoms with van der Waals surface area (Å²) in [5, 5.41) is 0. The van der Waals surface area contributed by atoms with Crippen LogP contribution < -0.4 is 0 Å². The van der Waals surface area contributed by atoms with Gasteiger partial charge in [-0.15, -0.1) is 0 Å². The fourth-order valence-electron chi connectivity index (χ4n) is 1.54. The van der Waals surface area contributed by atoms with Gasteiger partial charge in [-0.2, -0.15) is 0 Å². The van der Waals surface area contributed by atoms with Crippen LogP contribution in [0.4, 0.5) is 10.1 Å². The molecule has 0 radical (unpaired) electrons. The maximum Gasteiger partial charge on any atom is 0.149 e. The van der Waals surface area contributed by atoms with E-state index in [2.05, 4.69) is 9.98 Å². The summed E-state index contributed by atoms with van der Waals surface area (Å²) in [6, 6.07) is 3.44. The molecule has 0 atom stereocenters. The van der Waals surface area contributed by atoms with Crippen molar-refractivity contribution in [3.8, 4) is 0 Å². The van der Waals surface area contributed by atoms with Crippen molar-refractivity contribution in [2.45, 2.75) is 20.8 Å². The molecule has 0 aliphatic rings. The molecule has 0 aliphatic carbocycles. The minimum Gasteiger partial charge on any atom is -0.297 e. The number of hydrogen-bond acceptors (Lipinski definition) is 2. The predicted octanol–water partition coefficient (Wildman–Crippen LogP) is 3.96. The molecule has 0 spiro atoms. The zero-order valence-electron chi connectivity index (χ0n) is 10.7. The van der Waals surface area contributed by atoms with Gasteiger partial charge < -0.3 is 0 Å². The number of aryl methyl sites for hydroxylation is 1. The molecule has 1 aromatic rings. The molecule has 0 bridgehead atoms. The highest BCUT2D eigenvalue weighted by Crippen LogP contribution is 2.27. The van der Waals surface area contributed by atoms with E-state index in [1.54, 1.807) is 26.4 Å². The van der Waals surface area contributed by atoms with Gasteiger partial charge in [-0.1, -0.05) is 0 Å². The summed E-state index contributed by atoms with van der Waals surface area (Å²) < 4.78 is 13.8. The molecule has 0 saturated carbocycles. The van der Waals surface area contributed by atoms with Gasteiger partial charge in [0.2, 0.25) is 0 Å². The molecular formula is C14H17FN2. The third-order valence-electron chi connectivity index (χ3n) is 2.44. The lowest BCUT2D eigenvalue weighted by Gasteiger charge is -2.07. The van der Waals surface area contributed by atoms with E-state index in [4.69, 9.17) is 0 Å². The van der Waals surface area contributed by atoms with Crippen LogP contribution in [0.2, 0.25) is 0 Å². The molecular weight excluding hydrogens is 215 g/mol. The second-order valence-corrected chi connectivity index (χ2v) is 3.77. The highest BCUT2D eigenvalue weighted by Gasteiger charge is 2.07. The van der Waals surface area contributed by atoms with Crippen LogP contribution in [-0.2, 0) is 0 Å². The second-order valence-electron chi connectivity index (χ2n) is 3.77. The molecule has 90 valence electrons. The summed E-state index contributed by atoms with van der Waals surface area (Å²) in [7, 11) is 1.70. The summed E-state index contributed by atoms with van der Waals surface area (Å²) in [5.41, 5.74) is 3.08. The zero-order valence-corrected chi connectivity index (χ0v) is 10.7. The SMILES string of the molecule is CC=Nc1c(C)cc(/C(C)=C/C=NC)cc1F. The molecule has 0 unspecified atom stereocenters. The van der Waals surface area contributed by atoms with E-state index in [-0.39, 0.29) is 5.82 Å². The second kappa shape index (κ2) is 6.09. The highest BCUT2D eigenvalue weighted by atomic mass is 19.1. The minimum atomic E-state index is -0.292. The molecule has 0 N–H and O–H groups in total. The van der Waals surface area contributed by atoms with Gasteiger partial charge in [-0.3, -0.25) is 9.98 Å². The monoisotopic (exact) mass is 232 g/mol. The molecule has 3 heteroatoms. The summed E-state index contributed by atoms with van der Waals surface area (Å²) in [4.78, 5) is 7.90. The fraction of sp³-hybridized carbons (Fsp3) is 0.286. The van der Waals surface area contributed by atoms with Crippen molar-refractivity contribution in [2.75, 3.05) is 7.05 Å². The van der Waals surface area contributed by atoms with Crippen molar-refractivity contribution in [3.05, 3.63) is 35.2 Å². The van der Waals surface area contributed by atoms with E-state index in [0.717, 1.165) is 16.7 Å². The third kappa shape index (κ3) is 3.34. The summed E-state index contributed by atoms with van der Waals surface area (Å²) in [6.45, 7) is 5.56. The number of allylic oxidation sites excluding steroid dienone is 2. The van der Waals surface area contributed by atoms with Crippen LogP contribution in [0.15, 0.2) is 28.2 Å². The number of rotatable bonds is 3. The van der Waals surface area contributed by atoms with Crippen molar-refractivity contribution < 1.29 is 4.39 Å². The summed E-state index contributed by atoms with van der Waals surface area (Å²) in [5.74, 6) is -0.292. The van der Waals surface area contributed by atoms with Crippen LogP contribution >= 0.6 is 0 Å². The van der Waals surface area contributed by atoms with Crippen LogP contribution in [0, 0.1) is 12.7 Å². The van der Waals surface area contributed by atoms with Gasteiger partial charge in [0.05, 0.1) is 0 Å². The van der Waals surface area contributed by atoms with E-state index in [0.29, 0.717) is 5.69 Å². The maximum atomic E-state index is 13.8. The maximum absolute atomic E-state index is 13.8. The number of aliphatic imine (C=N–C) groups is 2. The minimum absolute atomic E-state index is 0.292. The first-order valence-electron chi connectivity index (χ1n) is 5.48. The molecule has 0 fully saturated rings. The third-order valence-corrected chi connectivity index (χ3v) is 2.44. The van der Waals surface area contributed by atoms with Gasteiger partial charge in [-0.05, 0) is 55.7 Å². The quantitative estimate of drug-likeness (QED) is 0.705. The molecule has 1 aromatic carbocycles. The van der Waals surface area contributed by atoms with E-state index in [9.17, 15) is 4.39 Å². The Labute approximate surface area is 102 Å². The number of nitrogens with zero attached hydrogens (tertiary/aromatic N) is 2. The smallest absolute Gasteiger partial charge is 0.149 e. The molecule has 1 rings (SSSR count). The van der Waals surface area contributed by atoms with E-state index < -0.39 is 0 Å². The molecule has 2 nitrogen and oxygen atoms in total. The first kappa shape index (κ1) is 13.3. The van der Waals surface area contributed by atoms with Crippen LogP contribution in [0.25, 0.3) is 5.57 Å². The normalized spacial score (nSPS) is 12.9. The molecule has 0 heterocycles.